The Morgan fingerprint density at radius 2 is 2.00 bits per heavy atom. The molecule has 0 heterocycles. The quantitative estimate of drug-likeness (QED) is 0.754. The fourth-order valence-electron chi connectivity index (χ4n) is 1.49. The molecule has 0 aromatic heterocycles. The molecule has 0 saturated carbocycles. The maximum atomic E-state index is 9.08. The van der Waals surface area contributed by atoms with Gasteiger partial charge in [-0.15, -0.1) is 0 Å². The van der Waals surface area contributed by atoms with Crippen molar-refractivity contribution >= 4 is 0 Å². The maximum absolute atomic E-state index is 9.08. The summed E-state index contributed by atoms with van der Waals surface area (Å²) in [6.07, 6.45) is 1.09. The normalized spacial score (nSPS) is 10.8. The molecule has 1 rings (SSSR count). The molecule has 0 aliphatic carbocycles. The predicted molar refractivity (Wildman–Crippen MR) is 55.6 cm³/mol. The third-order valence-corrected chi connectivity index (χ3v) is 2.23. The van der Waals surface area contributed by atoms with E-state index in [1.165, 1.54) is 11.1 Å². The van der Waals surface area contributed by atoms with Gasteiger partial charge in [0, 0.05) is 0 Å². The molecule has 0 aliphatic heterocycles. The van der Waals surface area contributed by atoms with E-state index >= 15 is 0 Å². The van der Waals surface area contributed by atoms with Gasteiger partial charge in [-0.1, -0.05) is 32.0 Å². The molecule has 13 heavy (non-hydrogen) atoms. The molecule has 1 heteroatoms. The first-order valence-corrected chi connectivity index (χ1v) is 4.82. The minimum absolute atomic E-state index is 0.151. The molecule has 1 aromatic carbocycles. The Morgan fingerprint density at radius 3 is 2.54 bits per heavy atom. The van der Waals surface area contributed by atoms with Crippen LogP contribution in [0.5, 0.6) is 0 Å². The van der Waals surface area contributed by atoms with E-state index in [1.807, 2.05) is 6.92 Å². The lowest BCUT2D eigenvalue weighted by Crippen LogP contribution is -1.97. The topological polar surface area (TPSA) is 20.2 Å². The number of rotatable bonds is 3. The van der Waals surface area contributed by atoms with E-state index in [1.54, 1.807) is 0 Å². The average molecular weight is 178 g/mol. The maximum Gasteiger partial charge on any atom is 0.0684 e. The number of aliphatic hydroxyl groups excluding tert-OH is 1. The molecule has 0 radical (unpaired) electrons. The van der Waals surface area contributed by atoms with Crippen molar-refractivity contribution in [3.63, 3.8) is 0 Å². The fraction of sp³-hybridized carbons (Fsp3) is 0.500. The number of hydrogen-bond acceptors (Lipinski definition) is 1. The summed E-state index contributed by atoms with van der Waals surface area (Å²) >= 11 is 0. The molecule has 0 fully saturated rings. The molecule has 1 N–H and O–H groups in total. The highest BCUT2D eigenvalue weighted by Gasteiger charge is 2.01. The molecule has 0 amide bonds. The Bertz CT molecular complexity index is 276. The SMILES string of the molecule is Cc1ccc(CC(C)C)cc1CO. The third-order valence-electron chi connectivity index (χ3n) is 2.23. The molecule has 0 unspecified atom stereocenters. The Hall–Kier alpha value is -0.820. The minimum Gasteiger partial charge on any atom is -0.392 e. The zero-order valence-electron chi connectivity index (χ0n) is 8.67. The van der Waals surface area contributed by atoms with Crippen LogP contribution in [-0.4, -0.2) is 5.11 Å². The van der Waals surface area contributed by atoms with Gasteiger partial charge in [0.25, 0.3) is 0 Å². The smallest absolute Gasteiger partial charge is 0.0684 e. The lowest BCUT2D eigenvalue weighted by Gasteiger charge is -2.08. The molecule has 0 saturated heterocycles. The van der Waals surface area contributed by atoms with E-state index in [2.05, 4.69) is 32.0 Å². The van der Waals surface area contributed by atoms with Crippen molar-refractivity contribution in [2.45, 2.75) is 33.8 Å². The first kappa shape index (κ1) is 10.3. The second-order valence-corrected chi connectivity index (χ2v) is 4.02. The van der Waals surface area contributed by atoms with Gasteiger partial charge < -0.3 is 5.11 Å². The summed E-state index contributed by atoms with van der Waals surface area (Å²) in [5, 5.41) is 9.08. The van der Waals surface area contributed by atoms with Crippen LogP contribution in [0.15, 0.2) is 18.2 Å². The molecular formula is C12H18O. The number of aliphatic hydroxyl groups is 1. The van der Waals surface area contributed by atoms with Gasteiger partial charge in [0.05, 0.1) is 6.61 Å². The Balaban J connectivity index is 2.86. The van der Waals surface area contributed by atoms with Crippen LogP contribution in [0, 0.1) is 12.8 Å². The van der Waals surface area contributed by atoms with Crippen molar-refractivity contribution in [3.05, 3.63) is 34.9 Å². The highest BCUT2D eigenvalue weighted by molar-refractivity contribution is 5.30. The van der Waals surface area contributed by atoms with Gasteiger partial charge in [-0.25, -0.2) is 0 Å². The van der Waals surface area contributed by atoms with Crippen molar-refractivity contribution in [2.24, 2.45) is 5.92 Å². The molecular weight excluding hydrogens is 160 g/mol. The molecule has 0 aliphatic rings. The van der Waals surface area contributed by atoms with Crippen LogP contribution in [0.4, 0.5) is 0 Å². The van der Waals surface area contributed by atoms with Crippen molar-refractivity contribution in [1.29, 1.82) is 0 Å². The van der Waals surface area contributed by atoms with E-state index < -0.39 is 0 Å². The first-order chi connectivity index (χ1) is 6.13. The Labute approximate surface area is 80.4 Å². The van der Waals surface area contributed by atoms with Crippen LogP contribution in [0.1, 0.15) is 30.5 Å². The van der Waals surface area contributed by atoms with Gasteiger partial charge in [-0.05, 0) is 36.0 Å². The van der Waals surface area contributed by atoms with E-state index in [0.29, 0.717) is 5.92 Å². The summed E-state index contributed by atoms with van der Waals surface area (Å²) in [6.45, 7) is 6.60. The monoisotopic (exact) mass is 178 g/mol. The van der Waals surface area contributed by atoms with Gasteiger partial charge in [-0.2, -0.15) is 0 Å². The van der Waals surface area contributed by atoms with Gasteiger partial charge in [0.1, 0.15) is 0 Å². The van der Waals surface area contributed by atoms with Crippen LogP contribution < -0.4 is 0 Å². The second kappa shape index (κ2) is 4.43. The van der Waals surface area contributed by atoms with Gasteiger partial charge in [0.15, 0.2) is 0 Å². The van der Waals surface area contributed by atoms with Crippen LogP contribution in [0.25, 0.3) is 0 Å². The van der Waals surface area contributed by atoms with Crippen molar-refractivity contribution in [3.8, 4) is 0 Å². The van der Waals surface area contributed by atoms with Gasteiger partial charge in [-0.3, -0.25) is 0 Å². The minimum atomic E-state index is 0.151. The average Bonchev–Trinajstić information content (AvgIpc) is 2.07. The molecule has 72 valence electrons. The summed E-state index contributed by atoms with van der Waals surface area (Å²) in [5.74, 6) is 0.675. The largest absolute Gasteiger partial charge is 0.392 e. The predicted octanol–water partition coefficient (Wildman–Crippen LogP) is 2.69. The summed E-state index contributed by atoms with van der Waals surface area (Å²) < 4.78 is 0. The Morgan fingerprint density at radius 1 is 1.31 bits per heavy atom. The van der Waals surface area contributed by atoms with Crippen molar-refractivity contribution in [1.82, 2.24) is 0 Å². The summed E-state index contributed by atoms with van der Waals surface area (Å²) in [6, 6.07) is 6.34. The van der Waals surface area contributed by atoms with Crippen LogP contribution in [0.3, 0.4) is 0 Å². The fourth-order valence-corrected chi connectivity index (χ4v) is 1.49. The first-order valence-electron chi connectivity index (χ1n) is 4.82. The second-order valence-electron chi connectivity index (χ2n) is 4.02. The van der Waals surface area contributed by atoms with E-state index in [4.69, 9.17) is 5.11 Å². The van der Waals surface area contributed by atoms with Crippen molar-refractivity contribution in [2.75, 3.05) is 0 Å². The lowest BCUT2D eigenvalue weighted by molar-refractivity contribution is 0.281. The van der Waals surface area contributed by atoms with E-state index in [0.717, 1.165) is 12.0 Å². The molecule has 0 spiro atoms. The van der Waals surface area contributed by atoms with E-state index in [9.17, 15) is 0 Å². The van der Waals surface area contributed by atoms with Crippen LogP contribution in [0.2, 0.25) is 0 Å². The zero-order valence-corrected chi connectivity index (χ0v) is 8.67. The summed E-state index contributed by atoms with van der Waals surface area (Å²) in [4.78, 5) is 0. The molecule has 1 nitrogen and oxygen atoms in total. The highest BCUT2D eigenvalue weighted by Crippen LogP contribution is 2.14. The third kappa shape index (κ3) is 2.85. The highest BCUT2D eigenvalue weighted by atomic mass is 16.3. The molecule has 0 atom stereocenters. The van der Waals surface area contributed by atoms with Gasteiger partial charge in [0.2, 0.25) is 0 Å². The number of hydrogen-bond donors (Lipinski definition) is 1. The Kier molecular flexibility index (Phi) is 3.49. The summed E-state index contributed by atoms with van der Waals surface area (Å²) in [7, 11) is 0. The lowest BCUT2D eigenvalue weighted by atomic mass is 9.99. The van der Waals surface area contributed by atoms with Crippen LogP contribution >= 0.6 is 0 Å². The molecule has 1 aromatic rings. The standard InChI is InChI=1S/C12H18O/c1-9(2)6-11-5-4-10(3)12(7-11)8-13/h4-5,7,9,13H,6,8H2,1-3H3. The molecule has 0 bridgehead atoms. The number of aryl methyl sites for hydroxylation is 1. The van der Waals surface area contributed by atoms with Crippen molar-refractivity contribution < 1.29 is 5.11 Å². The van der Waals surface area contributed by atoms with Gasteiger partial charge >= 0.3 is 0 Å². The van der Waals surface area contributed by atoms with Crippen LogP contribution in [-0.2, 0) is 13.0 Å². The zero-order chi connectivity index (χ0) is 9.84. The number of benzene rings is 1. The van der Waals surface area contributed by atoms with E-state index in [-0.39, 0.29) is 6.61 Å². The summed E-state index contributed by atoms with van der Waals surface area (Å²) in [5.41, 5.74) is 3.55.